The maximum atomic E-state index is 10.9. The second-order valence-corrected chi connectivity index (χ2v) is 4.90. The first-order valence-corrected chi connectivity index (χ1v) is 6.25. The Labute approximate surface area is 118 Å². The molecule has 6 nitrogen and oxygen atoms in total. The van der Waals surface area contributed by atoms with Gasteiger partial charge in [-0.05, 0) is 37.9 Å². The van der Waals surface area contributed by atoms with Crippen LogP contribution >= 0.6 is 31.9 Å². The highest BCUT2D eigenvalue weighted by Crippen LogP contribution is 2.36. The summed E-state index contributed by atoms with van der Waals surface area (Å²) in [7, 11) is 0. The van der Waals surface area contributed by atoms with Gasteiger partial charge in [-0.25, -0.2) is 9.97 Å². The maximum absolute atomic E-state index is 10.9. The number of nitro benzene ring substituents is 1. The Morgan fingerprint density at radius 1 is 1.22 bits per heavy atom. The topological polar surface area (TPSA) is 78.2 Å². The van der Waals surface area contributed by atoms with Crippen molar-refractivity contribution >= 4 is 37.5 Å². The van der Waals surface area contributed by atoms with Gasteiger partial charge in [0, 0.05) is 18.5 Å². The number of benzene rings is 1. The van der Waals surface area contributed by atoms with Gasteiger partial charge in [0.25, 0.3) is 0 Å². The molecule has 0 unspecified atom stereocenters. The predicted molar refractivity (Wildman–Crippen MR) is 70.6 cm³/mol. The molecule has 18 heavy (non-hydrogen) atoms. The molecule has 0 aliphatic carbocycles. The summed E-state index contributed by atoms with van der Waals surface area (Å²) in [5, 5.41) is 10.9. The van der Waals surface area contributed by atoms with Crippen LogP contribution in [-0.2, 0) is 0 Å². The van der Waals surface area contributed by atoms with Crippen LogP contribution in [0, 0.1) is 10.1 Å². The van der Waals surface area contributed by atoms with E-state index >= 15 is 0 Å². The van der Waals surface area contributed by atoms with E-state index in [1.807, 2.05) is 0 Å². The second kappa shape index (κ2) is 5.40. The Kier molecular flexibility index (Phi) is 3.87. The van der Waals surface area contributed by atoms with E-state index in [1.54, 1.807) is 12.1 Å². The normalized spacial score (nSPS) is 10.1. The van der Waals surface area contributed by atoms with Crippen molar-refractivity contribution in [1.29, 1.82) is 0 Å². The van der Waals surface area contributed by atoms with Crippen LogP contribution in [0.1, 0.15) is 0 Å². The smallest absolute Gasteiger partial charge is 0.322 e. The molecule has 1 aromatic carbocycles. The van der Waals surface area contributed by atoms with E-state index in [9.17, 15) is 10.1 Å². The van der Waals surface area contributed by atoms with Gasteiger partial charge in [-0.1, -0.05) is 6.07 Å². The van der Waals surface area contributed by atoms with Gasteiger partial charge in [-0.2, -0.15) is 0 Å². The minimum Gasteiger partial charge on any atom is -0.416 e. The number of aromatic nitrogens is 2. The van der Waals surface area contributed by atoms with Crippen LogP contribution in [0.5, 0.6) is 11.8 Å². The fraction of sp³-hybridized carbons (Fsp3) is 0. The van der Waals surface area contributed by atoms with E-state index < -0.39 is 4.92 Å². The highest BCUT2D eigenvalue weighted by Gasteiger charge is 2.19. The number of ether oxygens (including phenoxy) is 1. The first kappa shape index (κ1) is 12.9. The van der Waals surface area contributed by atoms with Gasteiger partial charge < -0.3 is 4.74 Å². The predicted octanol–water partition coefficient (Wildman–Crippen LogP) is 3.70. The minimum atomic E-state index is -0.529. The molecule has 0 bridgehead atoms. The summed E-state index contributed by atoms with van der Waals surface area (Å²) in [5.74, 6) is 0.0739. The van der Waals surface area contributed by atoms with Crippen molar-refractivity contribution in [3.05, 3.63) is 49.7 Å². The van der Waals surface area contributed by atoms with E-state index in [1.165, 1.54) is 18.5 Å². The quantitative estimate of drug-likeness (QED) is 0.604. The summed E-state index contributed by atoms with van der Waals surface area (Å²) in [6, 6.07) is 4.57. The van der Waals surface area contributed by atoms with Crippen LogP contribution in [0.3, 0.4) is 0 Å². The van der Waals surface area contributed by atoms with Crippen molar-refractivity contribution in [3.8, 4) is 11.8 Å². The highest BCUT2D eigenvalue weighted by molar-refractivity contribution is 9.10. The van der Waals surface area contributed by atoms with Crippen molar-refractivity contribution in [2.24, 2.45) is 0 Å². The Morgan fingerprint density at radius 2 is 1.89 bits per heavy atom. The number of para-hydroxylation sites is 1. The first-order valence-electron chi connectivity index (χ1n) is 4.66. The second-order valence-electron chi connectivity index (χ2n) is 3.13. The number of halogens is 2. The molecular weight excluding hydrogens is 370 g/mol. The Bertz CT molecular complexity index is 589. The molecule has 0 saturated heterocycles. The SMILES string of the molecule is O=[N+]([O-])c1cccc(Br)c1Oc1ncc(Br)cn1. The van der Waals surface area contributed by atoms with Crippen molar-refractivity contribution in [1.82, 2.24) is 9.97 Å². The largest absolute Gasteiger partial charge is 0.416 e. The van der Waals surface area contributed by atoms with Gasteiger partial charge in [0.05, 0.1) is 13.9 Å². The highest BCUT2D eigenvalue weighted by atomic mass is 79.9. The molecule has 0 aliphatic heterocycles. The van der Waals surface area contributed by atoms with E-state index in [2.05, 4.69) is 41.8 Å². The molecule has 0 N–H and O–H groups in total. The van der Waals surface area contributed by atoms with Crippen LogP contribution < -0.4 is 4.74 Å². The van der Waals surface area contributed by atoms with Gasteiger partial charge in [0.15, 0.2) is 0 Å². The van der Waals surface area contributed by atoms with Crippen LogP contribution in [0.15, 0.2) is 39.5 Å². The third kappa shape index (κ3) is 2.82. The number of hydrogen-bond donors (Lipinski definition) is 0. The molecular formula is C10H5Br2N3O3. The zero-order valence-corrected chi connectivity index (χ0v) is 11.9. The molecule has 0 fully saturated rings. The molecule has 1 heterocycles. The lowest BCUT2D eigenvalue weighted by Gasteiger charge is -2.05. The lowest BCUT2D eigenvalue weighted by atomic mass is 10.3. The minimum absolute atomic E-state index is 0.0354. The van der Waals surface area contributed by atoms with Crippen LogP contribution in [0.2, 0.25) is 0 Å². The average molecular weight is 375 g/mol. The van der Waals surface area contributed by atoms with E-state index in [4.69, 9.17) is 4.74 Å². The lowest BCUT2D eigenvalue weighted by Crippen LogP contribution is -1.96. The molecule has 2 aromatic rings. The zero-order chi connectivity index (χ0) is 13.1. The summed E-state index contributed by atoms with van der Waals surface area (Å²) in [6.07, 6.45) is 2.98. The number of rotatable bonds is 3. The number of nitrogens with zero attached hydrogens (tertiary/aromatic N) is 3. The van der Waals surface area contributed by atoms with E-state index in [0.29, 0.717) is 8.95 Å². The van der Waals surface area contributed by atoms with Crippen LogP contribution in [0.4, 0.5) is 5.69 Å². The van der Waals surface area contributed by atoms with Crippen LogP contribution in [0.25, 0.3) is 0 Å². The summed E-state index contributed by atoms with van der Waals surface area (Å²) in [6.45, 7) is 0. The molecule has 92 valence electrons. The molecule has 2 rings (SSSR count). The number of hydrogen-bond acceptors (Lipinski definition) is 5. The molecule has 0 aliphatic rings. The Balaban J connectivity index is 2.39. The fourth-order valence-electron chi connectivity index (χ4n) is 1.19. The van der Waals surface area contributed by atoms with E-state index in [0.717, 1.165) is 0 Å². The van der Waals surface area contributed by atoms with Gasteiger partial charge >= 0.3 is 11.7 Å². The molecule has 8 heteroatoms. The molecule has 0 saturated carbocycles. The van der Waals surface area contributed by atoms with Crippen molar-refractivity contribution in [2.75, 3.05) is 0 Å². The summed E-state index contributed by atoms with van der Waals surface area (Å²) in [5.41, 5.74) is -0.157. The zero-order valence-electron chi connectivity index (χ0n) is 8.71. The lowest BCUT2D eigenvalue weighted by molar-refractivity contribution is -0.385. The third-order valence-electron chi connectivity index (χ3n) is 1.93. The summed E-state index contributed by atoms with van der Waals surface area (Å²) < 4.78 is 6.48. The fourth-order valence-corrected chi connectivity index (χ4v) is 1.83. The van der Waals surface area contributed by atoms with Gasteiger partial charge in [0.2, 0.25) is 5.75 Å². The van der Waals surface area contributed by atoms with Gasteiger partial charge in [-0.15, -0.1) is 0 Å². The third-order valence-corrected chi connectivity index (χ3v) is 2.97. The standard InChI is InChI=1S/C10H5Br2N3O3/c11-6-4-13-10(14-5-6)18-9-7(12)2-1-3-8(9)15(16)17/h1-5H. The van der Waals surface area contributed by atoms with Gasteiger partial charge in [-0.3, -0.25) is 10.1 Å². The molecule has 0 radical (unpaired) electrons. The first-order chi connectivity index (χ1) is 8.58. The maximum Gasteiger partial charge on any atom is 0.322 e. The number of nitro groups is 1. The van der Waals surface area contributed by atoms with Crippen molar-refractivity contribution < 1.29 is 9.66 Å². The summed E-state index contributed by atoms with van der Waals surface area (Å²) >= 11 is 6.38. The Morgan fingerprint density at radius 3 is 2.50 bits per heavy atom. The van der Waals surface area contributed by atoms with Gasteiger partial charge in [0.1, 0.15) is 0 Å². The van der Waals surface area contributed by atoms with Crippen molar-refractivity contribution in [2.45, 2.75) is 0 Å². The van der Waals surface area contributed by atoms with Crippen LogP contribution in [-0.4, -0.2) is 14.9 Å². The summed E-state index contributed by atoms with van der Waals surface area (Å²) in [4.78, 5) is 18.1. The Hall–Kier alpha value is -1.54. The van der Waals surface area contributed by atoms with E-state index in [-0.39, 0.29) is 17.4 Å². The van der Waals surface area contributed by atoms with Crippen molar-refractivity contribution in [3.63, 3.8) is 0 Å². The molecule has 0 spiro atoms. The average Bonchev–Trinajstić information content (AvgIpc) is 2.34. The molecule has 0 atom stereocenters. The molecule has 0 amide bonds. The molecule has 1 aromatic heterocycles. The monoisotopic (exact) mass is 373 g/mol.